The minimum absolute atomic E-state index is 0.240. The average Bonchev–Trinajstić information content (AvgIpc) is 3.55. The van der Waals surface area contributed by atoms with Crippen molar-refractivity contribution in [3.63, 3.8) is 0 Å². The SMILES string of the molecule is CCc1nn(Cc2cccc(C)n2)c2cccc(NC(=O)c3cnc4cc(OCCN5CCOCC5)ccn34)c12. The maximum Gasteiger partial charge on any atom is 0.274 e. The van der Waals surface area contributed by atoms with Crippen LogP contribution in [-0.2, 0) is 17.7 Å². The molecule has 10 nitrogen and oxygen atoms in total. The van der Waals surface area contributed by atoms with Gasteiger partial charge in [0.1, 0.15) is 23.7 Å². The first kappa shape index (κ1) is 26.0. The summed E-state index contributed by atoms with van der Waals surface area (Å²) in [6.07, 6.45) is 4.16. The Balaban J connectivity index is 1.20. The van der Waals surface area contributed by atoms with E-state index in [9.17, 15) is 4.79 Å². The van der Waals surface area contributed by atoms with Crippen LogP contribution in [0.25, 0.3) is 16.6 Å². The van der Waals surface area contributed by atoms with Crippen molar-refractivity contribution in [2.24, 2.45) is 0 Å². The molecule has 0 saturated carbocycles. The quantitative estimate of drug-likeness (QED) is 0.303. The van der Waals surface area contributed by atoms with E-state index < -0.39 is 0 Å². The molecule has 1 fully saturated rings. The topological polar surface area (TPSA) is 98.8 Å². The normalized spacial score (nSPS) is 14.2. The highest BCUT2D eigenvalue weighted by Crippen LogP contribution is 2.29. The van der Waals surface area contributed by atoms with Crippen molar-refractivity contribution in [3.05, 3.63) is 83.7 Å². The van der Waals surface area contributed by atoms with Gasteiger partial charge in [0.05, 0.1) is 48.5 Å². The van der Waals surface area contributed by atoms with E-state index in [-0.39, 0.29) is 5.91 Å². The molecule has 0 bridgehead atoms. The molecule has 1 aliphatic rings. The summed E-state index contributed by atoms with van der Waals surface area (Å²) in [4.78, 5) is 24.9. The van der Waals surface area contributed by atoms with E-state index in [2.05, 4.69) is 27.1 Å². The van der Waals surface area contributed by atoms with E-state index in [0.717, 1.165) is 78.7 Å². The lowest BCUT2D eigenvalue weighted by Gasteiger charge is -2.26. The van der Waals surface area contributed by atoms with Gasteiger partial charge in [0.15, 0.2) is 0 Å². The number of aryl methyl sites for hydroxylation is 2. The summed E-state index contributed by atoms with van der Waals surface area (Å²) in [5, 5.41) is 8.91. The third-order valence-electron chi connectivity index (χ3n) is 7.19. The molecule has 0 unspecified atom stereocenters. The summed E-state index contributed by atoms with van der Waals surface area (Å²) in [5.74, 6) is 0.488. The van der Waals surface area contributed by atoms with Crippen LogP contribution >= 0.6 is 0 Å². The second kappa shape index (κ2) is 11.4. The van der Waals surface area contributed by atoms with Crippen molar-refractivity contribution < 1.29 is 14.3 Å². The number of hydrogen-bond donors (Lipinski definition) is 1. The van der Waals surface area contributed by atoms with Gasteiger partial charge in [-0.3, -0.25) is 23.8 Å². The van der Waals surface area contributed by atoms with Crippen LogP contribution in [-0.4, -0.2) is 74.4 Å². The second-order valence-corrected chi connectivity index (χ2v) is 9.92. The van der Waals surface area contributed by atoms with Gasteiger partial charge in [0.25, 0.3) is 5.91 Å². The van der Waals surface area contributed by atoms with Gasteiger partial charge < -0.3 is 14.8 Å². The van der Waals surface area contributed by atoms with Crippen LogP contribution in [0.1, 0.15) is 34.5 Å². The number of amides is 1. The molecule has 5 heterocycles. The Bertz CT molecular complexity index is 1650. The third-order valence-corrected chi connectivity index (χ3v) is 7.19. The number of nitrogens with one attached hydrogen (secondary N) is 1. The highest BCUT2D eigenvalue weighted by atomic mass is 16.5. The molecular formula is C30H33N7O3. The lowest BCUT2D eigenvalue weighted by molar-refractivity contribution is 0.0322. The molecule has 10 heteroatoms. The number of carbonyl (C=O) groups is 1. The largest absolute Gasteiger partial charge is 0.492 e. The summed E-state index contributed by atoms with van der Waals surface area (Å²) in [7, 11) is 0. The molecule has 0 radical (unpaired) electrons. The molecule has 1 saturated heterocycles. The van der Waals surface area contributed by atoms with Crippen molar-refractivity contribution in [2.75, 3.05) is 44.8 Å². The number of aromatic nitrogens is 5. The molecule has 0 atom stereocenters. The summed E-state index contributed by atoms with van der Waals surface area (Å²) in [5.41, 5.74) is 5.61. The summed E-state index contributed by atoms with van der Waals surface area (Å²) >= 11 is 0. The molecular weight excluding hydrogens is 506 g/mol. The summed E-state index contributed by atoms with van der Waals surface area (Å²) in [6, 6.07) is 15.6. The van der Waals surface area contributed by atoms with Gasteiger partial charge in [-0.15, -0.1) is 0 Å². The van der Waals surface area contributed by atoms with E-state index >= 15 is 0 Å². The number of benzene rings is 1. The number of pyridine rings is 2. The van der Waals surface area contributed by atoms with Gasteiger partial charge in [-0.1, -0.05) is 19.1 Å². The fourth-order valence-corrected chi connectivity index (χ4v) is 5.14. The average molecular weight is 540 g/mol. The van der Waals surface area contributed by atoms with Crippen LogP contribution in [0.3, 0.4) is 0 Å². The highest BCUT2D eigenvalue weighted by Gasteiger charge is 2.18. The predicted molar refractivity (Wildman–Crippen MR) is 153 cm³/mol. The van der Waals surface area contributed by atoms with E-state index in [4.69, 9.17) is 14.6 Å². The first-order chi connectivity index (χ1) is 19.6. The Labute approximate surface area is 232 Å². The van der Waals surface area contributed by atoms with Gasteiger partial charge in [-0.25, -0.2) is 4.98 Å². The number of fused-ring (bicyclic) bond motifs is 2. The van der Waals surface area contributed by atoms with Gasteiger partial charge in [0, 0.05) is 43.0 Å². The molecule has 4 aromatic heterocycles. The highest BCUT2D eigenvalue weighted by molar-refractivity contribution is 6.08. The molecule has 0 aliphatic carbocycles. The van der Waals surface area contributed by atoms with Crippen molar-refractivity contribution in [1.29, 1.82) is 0 Å². The number of nitrogens with zero attached hydrogens (tertiary/aromatic N) is 6. The molecule has 6 rings (SSSR count). The van der Waals surface area contributed by atoms with E-state index in [0.29, 0.717) is 24.5 Å². The van der Waals surface area contributed by atoms with Crippen LogP contribution in [0.15, 0.2) is 60.9 Å². The van der Waals surface area contributed by atoms with Crippen LogP contribution in [0.5, 0.6) is 5.75 Å². The number of hydrogen-bond acceptors (Lipinski definition) is 7. The van der Waals surface area contributed by atoms with Crippen molar-refractivity contribution in [3.8, 4) is 5.75 Å². The maximum absolute atomic E-state index is 13.4. The lowest BCUT2D eigenvalue weighted by Crippen LogP contribution is -2.38. The van der Waals surface area contributed by atoms with E-state index in [1.54, 1.807) is 10.6 Å². The zero-order valence-corrected chi connectivity index (χ0v) is 22.8. The molecule has 1 aromatic carbocycles. The van der Waals surface area contributed by atoms with Crippen molar-refractivity contribution >= 4 is 28.1 Å². The fraction of sp³-hybridized carbons (Fsp3) is 0.333. The lowest BCUT2D eigenvalue weighted by atomic mass is 10.1. The Hall–Kier alpha value is -4.28. The van der Waals surface area contributed by atoms with Crippen molar-refractivity contribution in [1.82, 2.24) is 29.0 Å². The van der Waals surface area contributed by atoms with Gasteiger partial charge >= 0.3 is 0 Å². The number of ether oxygens (including phenoxy) is 2. The van der Waals surface area contributed by atoms with Crippen LogP contribution < -0.4 is 10.1 Å². The minimum atomic E-state index is -0.240. The predicted octanol–water partition coefficient (Wildman–Crippen LogP) is 3.96. The molecule has 1 N–H and O–H groups in total. The van der Waals surface area contributed by atoms with Crippen LogP contribution in [0.2, 0.25) is 0 Å². The van der Waals surface area contributed by atoms with Gasteiger partial charge in [-0.2, -0.15) is 5.10 Å². The molecule has 40 heavy (non-hydrogen) atoms. The summed E-state index contributed by atoms with van der Waals surface area (Å²) < 4.78 is 15.1. The molecule has 206 valence electrons. The molecule has 1 amide bonds. The first-order valence-corrected chi connectivity index (χ1v) is 13.7. The van der Waals surface area contributed by atoms with Crippen LogP contribution in [0, 0.1) is 6.92 Å². The zero-order valence-electron chi connectivity index (χ0n) is 22.8. The summed E-state index contributed by atoms with van der Waals surface area (Å²) in [6.45, 7) is 9.44. The smallest absolute Gasteiger partial charge is 0.274 e. The van der Waals surface area contributed by atoms with E-state index in [1.807, 2.05) is 66.3 Å². The molecule has 0 spiro atoms. The Morgan fingerprint density at radius 1 is 1.12 bits per heavy atom. The Morgan fingerprint density at radius 2 is 1.98 bits per heavy atom. The monoisotopic (exact) mass is 539 g/mol. The number of rotatable bonds is 9. The number of anilines is 1. The number of morpholine rings is 1. The fourth-order valence-electron chi connectivity index (χ4n) is 5.14. The van der Waals surface area contributed by atoms with Crippen LogP contribution in [0.4, 0.5) is 5.69 Å². The second-order valence-electron chi connectivity index (χ2n) is 9.92. The maximum atomic E-state index is 13.4. The minimum Gasteiger partial charge on any atom is -0.492 e. The third kappa shape index (κ3) is 5.41. The Morgan fingerprint density at radius 3 is 2.80 bits per heavy atom. The number of carbonyl (C=O) groups excluding carboxylic acids is 1. The Kier molecular flexibility index (Phi) is 7.43. The molecule has 1 aliphatic heterocycles. The zero-order chi connectivity index (χ0) is 27.5. The van der Waals surface area contributed by atoms with Gasteiger partial charge in [0.2, 0.25) is 0 Å². The standard InChI is InChI=1S/C30H33N7O3/c1-3-24-29-25(8-5-9-26(29)37(34-24)20-22-7-4-6-21(2)32-22)33-30(38)27-19-31-28-18-23(10-11-36(27)28)40-17-14-35-12-15-39-16-13-35/h4-11,18-19H,3,12-17,20H2,1-2H3,(H,33,38). The van der Waals surface area contributed by atoms with E-state index in [1.165, 1.54) is 0 Å². The number of imidazole rings is 1. The molecule has 5 aromatic rings. The van der Waals surface area contributed by atoms with Crippen molar-refractivity contribution in [2.45, 2.75) is 26.8 Å². The van der Waals surface area contributed by atoms with Gasteiger partial charge in [-0.05, 0) is 43.7 Å². The first-order valence-electron chi connectivity index (χ1n) is 13.7.